The third kappa shape index (κ3) is 10.0. The maximum atomic E-state index is 11.4. The SMILES string of the molecule is CC.CC(C)(C)OC(=O)N1CCCC1.COC1CCCCC1. The highest BCUT2D eigenvalue weighted by Gasteiger charge is 2.23. The van der Waals surface area contributed by atoms with Gasteiger partial charge in [-0.3, -0.25) is 0 Å². The fraction of sp³-hybridized carbons (Fsp3) is 0.944. The lowest BCUT2D eigenvalue weighted by Crippen LogP contribution is -2.34. The summed E-state index contributed by atoms with van der Waals surface area (Å²) in [7, 11) is 1.82. The Bertz CT molecular complexity index is 275. The first kappa shape index (κ1) is 21.2. The standard InChI is InChI=1S/C9H17NO2.C7H14O.C2H6/c1-9(2,3)12-8(11)10-6-4-5-7-10;1-8-7-5-3-2-4-6-7;1-2/h4-7H2,1-3H3;7H,2-6H2,1H3;1-2H3. The van der Waals surface area contributed by atoms with Crippen molar-refractivity contribution in [2.75, 3.05) is 20.2 Å². The van der Waals surface area contributed by atoms with Crippen molar-refractivity contribution in [1.82, 2.24) is 4.90 Å². The molecule has 2 aliphatic rings. The fourth-order valence-electron chi connectivity index (χ4n) is 2.53. The molecule has 1 aliphatic heterocycles. The molecule has 0 aromatic rings. The highest BCUT2D eigenvalue weighted by atomic mass is 16.6. The number of methoxy groups -OCH3 is 1. The van der Waals surface area contributed by atoms with Crippen LogP contribution in [0.5, 0.6) is 0 Å². The summed E-state index contributed by atoms with van der Waals surface area (Å²) in [5.41, 5.74) is -0.361. The normalized spacial score (nSPS) is 18.7. The van der Waals surface area contributed by atoms with Crippen molar-refractivity contribution < 1.29 is 14.3 Å². The summed E-state index contributed by atoms with van der Waals surface area (Å²) in [6.45, 7) is 11.4. The monoisotopic (exact) mass is 315 g/mol. The maximum absolute atomic E-state index is 11.4. The highest BCUT2D eigenvalue weighted by Crippen LogP contribution is 2.19. The van der Waals surface area contributed by atoms with Crippen LogP contribution in [0.25, 0.3) is 0 Å². The zero-order chi connectivity index (χ0) is 17.0. The fourth-order valence-corrected chi connectivity index (χ4v) is 2.53. The zero-order valence-corrected chi connectivity index (χ0v) is 15.6. The molecule has 1 saturated heterocycles. The zero-order valence-electron chi connectivity index (χ0n) is 15.6. The molecule has 2 fully saturated rings. The second kappa shape index (κ2) is 11.8. The average Bonchev–Trinajstić information content (AvgIpc) is 3.04. The first-order valence-corrected chi connectivity index (χ1v) is 8.93. The van der Waals surface area contributed by atoms with E-state index in [1.165, 1.54) is 32.1 Å². The minimum atomic E-state index is -0.361. The Morgan fingerprint density at radius 3 is 1.82 bits per heavy atom. The van der Waals surface area contributed by atoms with Crippen molar-refractivity contribution in [2.24, 2.45) is 0 Å². The summed E-state index contributed by atoms with van der Waals surface area (Å²) in [5.74, 6) is 0. The van der Waals surface area contributed by atoms with E-state index < -0.39 is 0 Å². The van der Waals surface area contributed by atoms with Gasteiger partial charge >= 0.3 is 6.09 Å². The summed E-state index contributed by atoms with van der Waals surface area (Å²) in [5, 5.41) is 0. The van der Waals surface area contributed by atoms with Gasteiger partial charge in [0.15, 0.2) is 0 Å². The summed E-state index contributed by atoms with van der Waals surface area (Å²) < 4.78 is 10.4. The molecule has 4 heteroatoms. The molecule has 4 nitrogen and oxygen atoms in total. The van der Waals surface area contributed by atoms with E-state index in [1.54, 1.807) is 4.90 Å². The Labute approximate surface area is 137 Å². The Hall–Kier alpha value is -0.770. The van der Waals surface area contributed by atoms with E-state index in [2.05, 4.69) is 0 Å². The van der Waals surface area contributed by atoms with Crippen LogP contribution in [0.3, 0.4) is 0 Å². The maximum Gasteiger partial charge on any atom is 0.410 e. The van der Waals surface area contributed by atoms with Gasteiger partial charge in [0.05, 0.1) is 6.10 Å². The molecule has 0 unspecified atom stereocenters. The van der Waals surface area contributed by atoms with Gasteiger partial charge < -0.3 is 14.4 Å². The van der Waals surface area contributed by atoms with Crippen LogP contribution in [0.1, 0.15) is 79.6 Å². The lowest BCUT2D eigenvalue weighted by molar-refractivity contribution is 0.0295. The quantitative estimate of drug-likeness (QED) is 0.683. The number of rotatable bonds is 1. The van der Waals surface area contributed by atoms with E-state index >= 15 is 0 Å². The van der Waals surface area contributed by atoms with Crippen molar-refractivity contribution >= 4 is 6.09 Å². The van der Waals surface area contributed by atoms with Crippen molar-refractivity contribution in [3.63, 3.8) is 0 Å². The van der Waals surface area contributed by atoms with E-state index in [4.69, 9.17) is 9.47 Å². The highest BCUT2D eigenvalue weighted by molar-refractivity contribution is 5.68. The third-order valence-electron chi connectivity index (χ3n) is 3.64. The van der Waals surface area contributed by atoms with Crippen molar-refractivity contribution in [3.05, 3.63) is 0 Å². The van der Waals surface area contributed by atoms with Crippen LogP contribution in [0.4, 0.5) is 4.79 Å². The van der Waals surface area contributed by atoms with Gasteiger partial charge in [0, 0.05) is 20.2 Å². The van der Waals surface area contributed by atoms with E-state index in [0.717, 1.165) is 25.9 Å². The lowest BCUT2D eigenvalue weighted by atomic mass is 9.98. The van der Waals surface area contributed by atoms with E-state index in [-0.39, 0.29) is 11.7 Å². The number of likely N-dealkylation sites (tertiary alicyclic amines) is 1. The third-order valence-corrected chi connectivity index (χ3v) is 3.64. The van der Waals surface area contributed by atoms with Gasteiger partial charge in [-0.05, 0) is 46.5 Å². The van der Waals surface area contributed by atoms with Gasteiger partial charge in [0.1, 0.15) is 5.60 Å². The largest absolute Gasteiger partial charge is 0.444 e. The van der Waals surface area contributed by atoms with Gasteiger partial charge in [0.25, 0.3) is 0 Å². The molecular weight excluding hydrogens is 278 g/mol. The number of carbonyl (C=O) groups is 1. The predicted molar refractivity (Wildman–Crippen MR) is 92.3 cm³/mol. The molecule has 0 aromatic heterocycles. The Kier molecular flexibility index (Phi) is 11.3. The molecule has 0 spiro atoms. The Balaban J connectivity index is 0.000000382. The summed E-state index contributed by atoms with van der Waals surface area (Å²) >= 11 is 0. The molecule has 1 aliphatic carbocycles. The molecule has 132 valence electrons. The topological polar surface area (TPSA) is 38.8 Å². The van der Waals surface area contributed by atoms with Gasteiger partial charge in [-0.1, -0.05) is 33.1 Å². The second-order valence-corrected chi connectivity index (χ2v) is 6.67. The van der Waals surface area contributed by atoms with Crippen LogP contribution in [-0.2, 0) is 9.47 Å². The minimum absolute atomic E-state index is 0.167. The second-order valence-electron chi connectivity index (χ2n) is 6.67. The Morgan fingerprint density at radius 2 is 1.45 bits per heavy atom. The first-order chi connectivity index (χ1) is 10.4. The number of ether oxygens (including phenoxy) is 2. The van der Waals surface area contributed by atoms with Gasteiger partial charge in [0.2, 0.25) is 0 Å². The van der Waals surface area contributed by atoms with Crippen molar-refractivity contribution in [3.8, 4) is 0 Å². The van der Waals surface area contributed by atoms with Gasteiger partial charge in [-0.15, -0.1) is 0 Å². The predicted octanol–water partition coefficient (Wildman–Crippen LogP) is 5.01. The van der Waals surface area contributed by atoms with Crippen LogP contribution >= 0.6 is 0 Å². The van der Waals surface area contributed by atoms with Crippen molar-refractivity contribution in [1.29, 1.82) is 0 Å². The first-order valence-electron chi connectivity index (χ1n) is 8.93. The number of carbonyl (C=O) groups excluding carboxylic acids is 1. The molecule has 1 saturated carbocycles. The minimum Gasteiger partial charge on any atom is -0.444 e. The molecule has 1 amide bonds. The van der Waals surface area contributed by atoms with Gasteiger partial charge in [-0.25, -0.2) is 4.79 Å². The summed E-state index contributed by atoms with van der Waals surface area (Å²) in [6.07, 6.45) is 9.38. The van der Waals surface area contributed by atoms with Crippen LogP contribution in [-0.4, -0.2) is 42.9 Å². The molecule has 0 N–H and O–H groups in total. The lowest BCUT2D eigenvalue weighted by Gasteiger charge is -2.23. The smallest absolute Gasteiger partial charge is 0.410 e. The molecule has 0 radical (unpaired) electrons. The molecule has 0 aromatic carbocycles. The van der Waals surface area contributed by atoms with Crippen molar-refractivity contribution in [2.45, 2.75) is 91.3 Å². The molecule has 0 bridgehead atoms. The molecule has 1 heterocycles. The van der Waals surface area contributed by atoms with E-state index in [9.17, 15) is 4.79 Å². The number of hydrogen-bond acceptors (Lipinski definition) is 3. The molecular formula is C18H37NO3. The number of nitrogens with zero attached hydrogens (tertiary/aromatic N) is 1. The summed E-state index contributed by atoms with van der Waals surface area (Å²) in [4.78, 5) is 13.1. The summed E-state index contributed by atoms with van der Waals surface area (Å²) in [6, 6.07) is 0. The van der Waals surface area contributed by atoms with E-state index in [0.29, 0.717) is 6.10 Å². The molecule has 22 heavy (non-hydrogen) atoms. The molecule has 0 atom stereocenters. The Morgan fingerprint density at radius 1 is 0.955 bits per heavy atom. The average molecular weight is 315 g/mol. The van der Waals surface area contributed by atoms with Crippen LogP contribution < -0.4 is 0 Å². The van der Waals surface area contributed by atoms with Crippen LogP contribution in [0.15, 0.2) is 0 Å². The molecule has 2 rings (SSSR count). The van der Waals surface area contributed by atoms with Gasteiger partial charge in [-0.2, -0.15) is 0 Å². The number of amides is 1. The number of hydrogen-bond donors (Lipinski definition) is 0. The van der Waals surface area contributed by atoms with Crippen LogP contribution in [0.2, 0.25) is 0 Å². The van der Waals surface area contributed by atoms with E-state index in [1.807, 2.05) is 41.7 Å². The van der Waals surface area contributed by atoms with Crippen LogP contribution in [0, 0.1) is 0 Å².